The largest absolute Gasteiger partial charge is 0.242 e. The Bertz CT molecular complexity index is 670. The zero-order valence-corrected chi connectivity index (χ0v) is 10.4. The average molecular weight is 267 g/mol. The molecule has 0 aliphatic carbocycles. The highest BCUT2D eigenvalue weighted by Crippen LogP contribution is 2.20. The Morgan fingerprint density at radius 3 is 3.00 bits per heavy atom. The SMILES string of the molecule is C#CCCNS(=O)(=O)c1cccc2nsnc12. The van der Waals surface area contributed by atoms with E-state index >= 15 is 0 Å². The molecule has 2 rings (SSSR count). The summed E-state index contributed by atoms with van der Waals surface area (Å²) in [6, 6.07) is 4.86. The molecule has 0 amide bonds. The van der Waals surface area contributed by atoms with Crippen LogP contribution in [0.4, 0.5) is 0 Å². The highest BCUT2D eigenvalue weighted by molar-refractivity contribution is 7.89. The molecule has 1 N–H and O–H groups in total. The van der Waals surface area contributed by atoms with Gasteiger partial charge in [0.25, 0.3) is 0 Å². The first-order chi connectivity index (χ1) is 8.15. The van der Waals surface area contributed by atoms with Crippen LogP contribution in [0.15, 0.2) is 23.1 Å². The fraction of sp³-hybridized carbons (Fsp3) is 0.200. The van der Waals surface area contributed by atoms with Gasteiger partial charge in [0.2, 0.25) is 10.0 Å². The van der Waals surface area contributed by atoms with E-state index in [1.807, 2.05) is 0 Å². The smallest absolute Gasteiger partial charge is 0.210 e. The molecule has 0 spiro atoms. The normalized spacial score (nSPS) is 11.5. The van der Waals surface area contributed by atoms with Gasteiger partial charge in [0.1, 0.15) is 15.9 Å². The molecule has 1 aromatic heterocycles. The van der Waals surface area contributed by atoms with Crippen molar-refractivity contribution in [2.75, 3.05) is 6.54 Å². The molecule has 7 heteroatoms. The second-order valence-corrected chi connectivity index (χ2v) is 5.50. The molecule has 2 aromatic rings. The van der Waals surface area contributed by atoms with Crippen LogP contribution in [0.1, 0.15) is 6.42 Å². The van der Waals surface area contributed by atoms with Crippen LogP contribution >= 0.6 is 11.7 Å². The Balaban J connectivity index is 2.39. The van der Waals surface area contributed by atoms with E-state index in [2.05, 4.69) is 19.4 Å². The second kappa shape index (κ2) is 4.79. The van der Waals surface area contributed by atoms with Crippen molar-refractivity contribution in [2.45, 2.75) is 11.3 Å². The van der Waals surface area contributed by atoms with Crippen molar-refractivity contribution in [1.82, 2.24) is 13.5 Å². The van der Waals surface area contributed by atoms with Crippen molar-refractivity contribution in [3.63, 3.8) is 0 Å². The molecular weight excluding hydrogens is 258 g/mol. The number of sulfonamides is 1. The summed E-state index contributed by atoms with van der Waals surface area (Å²) in [5, 5.41) is 0. The van der Waals surface area contributed by atoms with Crippen LogP contribution in [0.3, 0.4) is 0 Å². The Labute approximate surface area is 103 Å². The Morgan fingerprint density at radius 1 is 1.41 bits per heavy atom. The summed E-state index contributed by atoms with van der Waals surface area (Å²) in [4.78, 5) is 0.140. The van der Waals surface area contributed by atoms with Gasteiger partial charge in [-0.3, -0.25) is 0 Å². The highest BCUT2D eigenvalue weighted by atomic mass is 32.2. The van der Waals surface area contributed by atoms with Gasteiger partial charge in [-0.15, -0.1) is 12.3 Å². The molecule has 0 aliphatic heterocycles. The third-order valence-corrected chi connectivity index (χ3v) is 4.14. The summed E-state index contributed by atoms with van der Waals surface area (Å²) in [5.41, 5.74) is 0.973. The van der Waals surface area contributed by atoms with Gasteiger partial charge in [0.05, 0.1) is 11.7 Å². The van der Waals surface area contributed by atoms with Gasteiger partial charge in [0, 0.05) is 13.0 Å². The van der Waals surface area contributed by atoms with Gasteiger partial charge in [-0.05, 0) is 12.1 Å². The summed E-state index contributed by atoms with van der Waals surface area (Å²) >= 11 is 0.987. The lowest BCUT2D eigenvalue weighted by molar-refractivity contribution is 0.583. The van der Waals surface area contributed by atoms with Gasteiger partial charge in [-0.25, -0.2) is 13.1 Å². The Kier molecular flexibility index (Phi) is 3.38. The van der Waals surface area contributed by atoms with E-state index in [1.54, 1.807) is 12.1 Å². The predicted octanol–water partition coefficient (Wildman–Crippen LogP) is 0.993. The zero-order chi connectivity index (χ0) is 12.3. The summed E-state index contributed by atoms with van der Waals surface area (Å²) in [6.07, 6.45) is 5.42. The van der Waals surface area contributed by atoms with Crippen molar-refractivity contribution in [3.05, 3.63) is 18.2 Å². The number of hydrogen-bond acceptors (Lipinski definition) is 5. The second-order valence-electron chi connectivity index (χ2n) is 3.24. The minimum absolute atomic E-state index is 0.140. The number of fused-ring (bicyclic) bond motifs is 1. The molecule has 5 nitrogen and oxygen atoms in total. The lowest BCUT2D eigenvalue weighted by Crippen LogP contribution is -2.24. The number of nitrogens with one attached hydrogen (secondary N) is 1. The molecule has 0 saturated heterocycles. The molecule has 0 aliphatic rings. The van der Waals surface area contributed by atoms with Crippen molar-refractivity contribution in [2.24, 2.45) is 0 Å². The number of terminal acetylenes is 1. The van der Waals surface area contributed by atoms with Crippen LogP contribution in [-0.2, 0) is 10.0 Å². The summed E-state index contributed by atoms with van der Waals surface area (Å²) in [6.45, 7) is 0.215. The third kappa shape index (κ3) is 2.44. The fourth-order valence-corrected chi connectivity index (χ4v) is 3.13. The third-order valence-electron chi connectivity index (χ3n) is 2.10. The number of aromatic nitrogens is 2. The number of benzene rings is 1. The first kappa shape index (κ1) is 12.0. The molecule has 0 bridgehead atoms. The molecule has 0 atom stereocenters. The minimum atomic E-state index is -3.57. The monoisotopic (exact) mass is 267 g/mol. The van der Waals surface area contributed by atoms with Gasteiger partial charge in [0.15, 0.2) is 0 Å². The van der Waals surface area contributed by atoms with Crippen LogP contribution in [-0.4, -0.2) is 23.7 Å². The number of hydrogen-bond donors (Lipinski definition) is 1. The van der Waals surface area contributed by atoms with Crippen molar-refractivity contribution in [1.29, 1.82) is 0 Å². The van der Waals surface area contributed by atoms with E-state index in [9.17, 15) is 8.42 Å². The number of rotatable bonds is 4. The standard InChI is InChI=1S/C10H9N3O2S2/c1-2-3-7-11-17(14,15)9-6-4-5-8-10(9)13-16-12-8/h1,4-6,11H,3,7H2. The molecule has 1 aromatic carbocycles. The predicted molar refractivity (Wildman–Crippen MR) is 66.1 cm³/mol. The van der Waals surface area contributed by atoms with Crippen molar-refractivity contribution < 1.29 is 8.42 Å². The fourth-order valence-electron chi connectivity index (χ4n) is 1.33. The quantitative estimate of drug-likeness (QED) is 0.662. The molecular formula is C10H9N3O2S2. The summed E-state index contributed by atoms with van der Waals surface area (Å²) in [5.74, 6) is 2.37. The van der Waals surface area contributed by atoms with E-state index in [-0.39, 0.29) is 11.4 Å². The van der Waals surface area contributed by atoms with Crippen LogP contribution in [0.25, 0.3) is 11.0 Å². The first-order valence-electron chi connectivity index (χ1n) is 4.79. The summed E-state index contributed by atoms with van der Waals surface area (Å²) in [7, 11) is -3.57. The summed E-state index contributed by atoms with van der Waals surface area (Å²) < 4.78 is 34.4. The molecule has 0 fully saturated rings. The molecule has 0 radical (unpaired) electrons. The Morgan fingerprint density at radius 2 is 2.24 bits per heavy atom. The van der Waals surface area contributed by atoms with Gasteiger partial charge < -0.3 is 0 Å². The maximum atomic E-state index is 12.0. The van der Waals surface area contributed by atoms with E-state index in [0.29, 0.717) is 17.5 Å². The van der Waals surface area contributed by atoms with Crippen LogP contribution in [0.5, 0.6) is 0 Å². The van der Waals surface area contributed by atoms with E-state index in [1.165, 1.54) is 6.07 Å². The van der Waals surface area contributed by atoms with Crippen molar-refractivity contribution >= 4 is 32.8 Å². The number of nitrogens with zero attached hydrogens (tertiary/aromatic N) is 2. The molecule has 88 valence electrons. The lowest BCUT2D eigenvalue weighted by Gasteiger charge is -2.04. The first-order valence-corrected chi connectivity index (χ1v) is 7.01. The maximum absolute atomic E-state index is 12.0. The average Bonchev–Trinajstić information content (AvgIpc) is 2.76. The Hall–Kier alpha value is -1.49. The van der Waals surface area contributed by atoms with Gasteiger partial charge in [-0.1, -0.05) is 6.07 Å². The molecule has 17 heavy (non-hydrogen) atoms. The van der Waals surface area contributed by atoms with Crippen LogP contribution in [0.2, 0.25) is 0 Å². The van der Waals surface area contributed by atoms with Gasteiger partial charge in [-0.2, -0.15) is 8.75 Å². The van der Waals surface area contributed by atoms with Gasteiger partial charge >= 0.3 is 0 Å². The van der Waals surface area contributed by atoms with E-state index in [4.69, 9.17) is 6.42 Å². The minimum Gasteiger partial charge on any atom is -0.210 e. The molecule has 0 unspecified atom stereocenters. The van der Waals surface area contributed by atoms with Crippen molar-refractivity contribution in [3.8, 4) is 12.3 Å². The lowest BCUT2D eigenvalue weighted by atomic mass is 10.3. The van der Waals surface area contributed by atoms with Crippen LogP contribution in [0, 0.1) is 12.3 Å². The highest BCUT2D eigenvalue weighted by Gasteiger charge is 2.18. The van der Waals surface area contributed by atoms with E-state index < -0.39 is 10.0 Å². The molecule has 1 heterocycles. The zero-order valence-electron chi connectivity index (χ0n) is 8.75. The maximum Gasteiger partial charge on any atom is 0.242 e. The topological polar surface area (TPSA) is 72.0 Å². The molecule has 0 saturated carbocycles. The van der Waals surface area contributed by atoms with Crippen LogP contribution < -0.4 is 4.72 Å². The van der Waals surface area contributed by atoms with E-state index in [0.717, 1.165) is 11.7 Å².